The minimum atomic E-state index is -0.164. The van der Waals surface area contributed by atoms with Crippen LogP contribution < -0.4 is 11.1 Å². The Morgan fingerprint density at radius 1 is 1.33 bits per heavy atom. The molecular formula is C17H27ClN4O2. The number of nitrogens with zero attached hydrogens (tertiary/aromatic N) is 2. The minimum absolute atomic E-state index is 0. The van der Waals surface area contributed by atoms with Crippen molar-refractivity contribution in [3.8, 4) is 0 Å². The Hall–Kier alpha value is -1.79. The van der Waals surface area contributed by atoms with Gasteiger partial charge in [0.15, 0.2) is 0 Å². The number of urea groups is 1. The molecule has 3 N–H and O–H groups in total. The summed E-state index contributed by atoms with van der Waals surface area (Å²) in [5.41, 5.74) is 6.71. The fraction of sp³-hybridized carbons (Fsp3) is 0.529. The second-order valence-corrected chi connectivity index (χ2v) is 6.05. The molecule has 1 atom stereocenters. The Bertz CT molecular complexity index is 527. The molecule has 7 heteroatoms. The molecule has 0 aliphatic carbocycles. The predicted molar refractivity (Wildman–Crippen MR) is 96.9 cm³/mol. The molecule has 0 radical (unpaired) electrons. The molecular weight excluding hydrogens is 328 g/mol. The van der Waals surface area contributed by atoms with E-state index in [2.05, 4.69) is 5.32 Å². The molecule has 1 aliphatic rings. The van der Waals surface area contributed by atoms with E-state index in [0.717, 1.165) is 25.1 Å². The van der Waals surface area contributed by atoms with Gasteiger partial charge in [-0.3, -0.25) is 4.79 Å². The molecule has 24 heavy (non-hydrogen) atoms. The Morgan fingerprint density at radius 3 is 2.67 bits per heavy atom. The lowest BCUT2D eigenvalue weighted by molar-refractivity contribution is -0.130. The summed E-state index contributed by atoms with van der Waals surface area (Å²) in [6.07, 6.45) is 1.32. The van der Waals surface area contributed by atoms with Crippen molar-refractivity contribution in [1.82, 2.24) is 15.1 Å². The second-order valence-electron chi connectivity index (χ2n) is 6.05. The number of carbonyl (C=O) groups excluding carboxylic acids is 2. The molecule has 1 unspecified atom stereocenters. The normalized spacial score (nSPS) is 16.4. The molecule has 3 amide bonds. The molecule has 1 fully saturated rings. The van der Waals surface area contributed by atoms with Crippen molar-refractivity contribution in [1.29, 1.82) is 0 Å². The van der Waals surface area contributed by atoms with Crippen LogP contribution in [0.3, 0.4) is 0 Å². The predicted octanol–water partition coefficient (Wildman–Crippen LogP) is 1.45. The first-order valence-corrected chi connectivity index (χ1v) is 8.11. The zero-order valence-electron chi connectivity index (χ0n) is 14.1. The number of nitrogens with two attached hydrogens (primary N) is 1. The number of benzene rings is 1. The van der Waals surface area contributed by atoms with E-state index in [0.29, 0.717) is 32.0 Å². The van der Waals surface area contributed by atoms with E-state index in [4.69, 9.17) is 5.73 Å². The molecule has 0 spiro atoms. The third kappa shape index (κ3) is 6.02. The fourth-order valence-corrected chi connectivity index (χ4v) is 2.75. The molecule has 0 bridgehead atoms. The Balaban J connectivity index is 0.00000288. The van der Waals surface area contributed by atoms with Gasteiger partial charge in [0.05, 0.1) is 0 Å². The number of carbonyl (C=O) groups is 2. The van der Waals surface area contributed by atoms with Crippen molar-refractivity contribution in [2.24, 2.45) is 11.7 Å². The number of halogens is 1. The van der Waals surface area contributed by atoms with Crippen LogP contribution in [-0.4, -0.2) is 55.0 Å². The highest BCUT2D eigenvalue weighted by Gasteiger charge is 2.24. The molecule has 134 valence electrons. The summed E-state index contributed by atoms with van der Waals surface area (Å²) in [5, 5.41) is 2.80. The third-order valence-electron chi connectivity index (χ3n) is 4.20. The van der Waals surface area contributed by atoms with E-state index in [9.17, 15) is 9.59 Å². The van der Waals surface area contributed by atoms with Gasteiger partial charge in [0.25, 0.3) is 0 Å². The number of nitrogens with one attached hydrogen (secondary N) is 1. The Kier molecular flexibility index (Phi) is 8.57. The van der Waals surface area contributed by atoms with Gasteiger partial charge in [-0.25, -0.2) is 4.79 Å². The van der Waals surface area contributed by atoms with Crippen LogP contribution in [0.2, 0.25) is 0 Å². The number of hydrogen-bond donors (Lipinski definition) is 2. The summed E-state index contributed by atoms with van der Waals surface area (Å²) in [6.45, 7) is 3.07. The maximum atomic E-state index is 12.1. The van der Waals surface area contributed by atoms with Crippen molar-refractivity contribution >= 4 is 24.3 Å². The van der Waals surface area contributed by atoms with Gasteiger partial charge in [0.1, 0.15) is 0 Å². The van der Waals surface area contributed by atoms with Crippen LogP contribution in [0.4, 0.5) is 4.79 Å². The highest BCUT2D eigenvalue weighted by atomic mass is 35.5. The molecule has 1 aromatic carbocycles. The maximum absolute atomic E-state index is 12.1. The van der Waals surface area contributed by atoms with Crippen molar-refractivity contribution in [2.75, 3.05) is 33.2 Å². The summed E-state index contributed by atoms with van der Waals surface area (Å²) >= 11 is 0. The van der Waals surface area contributed by atoms with Crippen LogP contribution in [0.15, 0.2) is 30.3 Å². The zero-order chi connectivity index (χ0) is 16.7. The maximum Gasteiger partial charge on any atom is 0.317 e. The van der Waals surface area contributed by atoms with Crippen LogP contribution in [0.5, 0.6) is 0 Å². The molecule has 2 rings (SSSR count). The van der Waals surface area contributed by atoms with Crippen LogP contribution in [-0.2, 0) is 11.3 Å². The minimum Gasteiger partial charge on any atom is -0.342 e. The van der Waals surface area contributed by atoms with Crippen molar-refractivity contribution in [3.05, 3.63) is 35.9 Å². The molecule has 1 saturated heterocycles. The number of rotatable bonds is 6. The van der Waals surface area contributed by atoms with Gasteiger partial charge in [-0.1, -0.05) is 30.3 Å². The first-order valence-electron chi connectivity index (χ1n) is 8.11. The summed E-state index contributed by atoms with van der Waals surface area (Å²) in [6, 6.07) is 9.64. The summed E-state index contributed by atoms with van der Waals surface area (Å²) < 4.78 is 0. The molecule has 1 heterocycles. The summed E-state index contributed by atoms with van der Waals surface area (Å²) in [5.74, 6) is 0.512. The van der Waals surface area contributed by atoms with Crippen molar-refractivity contribution < 1.29 is 9.59 Å². The number of hydrogen-bond acceptors (Lipinski definition) is 3. The average molecular weight is 355 g/mol. The largest absolute Gasteiger partial charge is 0.342 e. The Labute approximate surface area is 149 Å². The number of amides is 3. The van der Waals surface area contributed by atoms with E-state index < -0.39 is 0 Å². The lowest BCUT2D eigenvalue weighted by atomic mass is 10.1. The van der Waals surface area contributed by atoms with E-state index in [1.807, 2.05) is 35.2 Å². The van der Waals surface area contributed by atoms with Gasteiger partial charge in [0.2, 0.25) is 5.91 Å². The lowest BCUT2D eigenvalue weighted by Gasteiger charge is -2.19. The van der Waals surface area contributed by atoms with E-state index in [-0.39, 0.29) is 24.3 Å². The fourth-order valence-electron chi connectivity index (χ4n) is 2.75. The van der Waals surface area contributed by atoms with E-state index >= 15 is 0 Å². The van der Waals surface area contributed by atoms with Crippen molar-refractivity contribution in [3.63, 3.8) is 0 Å². The Morgan fingerprint density at radius 2 is 2.04 bits per heavy atom. The molecule has 6 nitrogen and oxygen atoms in total. The SMILES string of the molecule is CN(Cc1ccccc1)C(=O)NCCC(=O)N1CCC(CN)C1.Cl. The topological polar surface area (TPSA) is 78.7 Å². The van der Waals surface area contributed by atoms with Gasteiger partial charge in [-0.05, 0) is 24.4 Å². The number of likely N-dealkylation sites (tertiary alicyclic amines) is 1. The quantitative estimate of drug-likeness (QED) is 0.811. The lowest BCUT2D eigenvalue weighted by Crippen LogP contribution is -2.39. The zero-order valence-corrected chi connectivity index (χ0v) is 14.9. The third-order valence-corrected chi connectivity index (χ3v) is 4.20. The van der Waals surface area contributed by atoms with Crippen LogP contribution in [0.25, 0.3) is 0 Å². The van der Waals surface area contributed by atoms with E-state index in [1.54, 1.807) is 11.9 Å². The van der Waals surface area contributed by atoms with Crippen LogP contribution in [0.1, 0.15) is 18.4 Å². The van der Waals surface area contributed by atoms with E-state index in [1.165, 1.54) is 0 Å². The second kappa shape index (κ2) is 10.2. The standard InChI is InChI=1S/C17H26N4O2.ClH/c1-20(12-14-5-3-2-4-6-14)17(23)19-9-7-16(22)21-10-8-15(11-18)13-21;/h2-6,15H,7-13,18H2,1H3,(H,19,23);1H. The molecule has 0 aromatic heterocycles. The van der Waals surface area contributed by atoms with Gasteiger partial charge < -0.3 is 20.9 Å². The summed E-state index contributed by atoms with van der Waals surface area (Å²) in [7, 11) is 1.75. The summed E-state index contributed by atoms with van der Waals surface area (Å²) in [4.78, 5) is 27.5. The van der Waals surface area contributed by atoms with Gasteiger partial charge in [-0.2, -0.15) is 0 Å². The van der Waals surface area contributed by atoms with Gasteiger partial charge in [-0.15, -0.1) is 12.4 Å². The molecule has 1 aliphatic heterocycles. The van der Waals surface area contributed by atoms with Gasteiger partial charge in [0, 0.05) is 39.6 Å². The smallest absolute Gasteiger partial charge is 0.317 e. The highest BCUT2D eigenvalue weighted by molar-refractivity contribution is 5.85. The average Bonchev–Trinajstić information content (AvgIpc) is 3.04. The van der Waals surface area contributed by atoms with Crippen LogP contribution >= 0.6 is 12.4 Å². The van der Waals surface area contributed by atoms with Crippen molar-refractivity contribution in [2.45, 2.75) is 19.4 Å². The first-order chi connectivity index (χ1) is 11.1. The molecule has 0 saturated carbocycles. The van der Waals surface area contributed by atoms with Crippen LogP contribution in [0, 0.1) is 5.92 Å². The highest BCUT2D eigenvalue weighted by Crippen LogP contribution is 2.15. The first kappa shape index (κ1) is 20.3. The molecule has 1 aromatic rings. The van der Waals surface area contributed by atoms with Gasteiger partial charge >= 0.3 is 6.03 Å². The monoisotopic (exact) mass is 354 g/mol.